The number of hydrogen-bond donors (Lipinski definition) is 1. The van der Waals surface area contributed by atoms with Crippen molar-refractivity contribution in [3.8, 4) is 5.75 Å². The Morgan fingerprint density at radius 3 is 2.55 bits per heavy atom. The van der Waals surface area contributed by atoms with Crippen LogP contribution in [-0.2, 0) is 6.54 Å². The number of carbonyl (C=O) groups excluding carboxylic acids is 1. The van der Waals surface area contributed by atoms with Crippen LogP contribution in [0.4, 0.5) is 4.39 Å². The molecule has 4 heteroatoms. The van der Waals surface area contributed by atoms with Gasteiger partial charge in [0.2, 0.25) is 0 Å². The average Bonchev–Trinajstić information content (AvgIpc) is 2.49. The number of carbonyl (C=O) groups is 1. The van der Waals surface area contributed by atoms with Gasteiger partial charge in [0.25, 0.3) is 0 Å². The van der Waals surface area contributed by atoms with E-state index in [1.807, 2.05) is 6.07 Å². The maximum absolute atomic E-state index is 12.8. The van der Waals surface area contributed by atoms with Gasteiger partial charge in [-0.3, -0.25) is 4.79 Å². The molecule has 0 fully saturated rings. The third kappa shape index (κ3) is 3.65. The van der Waals surface area contributed by atoms with Gasteiger partial charge in [0.1, 0.15) is 11.6 Å². The lowest BCUT2D eigenvalue weighted by Gasteiger charge is -2.08. The molecule has 2 rings (SSSR count). The molecule has 0 heterocycles. The van der Waals surface area contributed by atoms with Crippen LogP contribution in [0.25, 0.3) is 0 Å². The molecule has 0 unspecified atom stereocenters. The summed E-state index contributed by atoms with van der Waals surface area (Å²) in [5.74, 6) is 0.268. The van der Waals surface area contributed by atoms with Crippen molar-refractivity contribution in [3.05, 3.63) is 65.5 Å². The molecule has 0 aliphatic rings. The fourth-order valence-electron chi connectivity index (χ4n) is 1.89. The molecule has 0 radical (unpaired) electrons. The number of halogens is 1. The first-order valence-corrected chi connectivity index (χ1v) is 6.32. The molecule has 0 saturated heterocycles. The Balaban J connectivity index is 1.90. The van der Waals surface area contributed by atoms with Crippen LogP contribution in [-0.4, -0.2) is 19.4 Å². The lowest BCUT2D eigenvalue weighted by atomic mass is 10.1. The van der Waals surface area contributed by atoms with Crippen LogP contribution < -0.4 is 10.1 Å². The molecule has 0 aliphatic carbocycles. The summed E-state index contributed by atoms with van der Waals surface area (Å²) in [6.45, 7) is 0.721. The molecule has 1 N–H and O–H groups in total. The van der Waals surface area contributed by atoms with Crippen molar-refractivity contribution >= 4 is 5.78 Å². The number of ether oxygens (including phenoxy) is 1. The highest BCUT2D eigenvalue weighted by atomic mass is 19.1. The summed E-state index contributed by atoms with van der Waals surface area (Å²) in [6, 6.07) is 13.3. The van der Waals surface area contributed by atoms with E-state index in [4.69, 9.17) is 4.74 Å². The lowest BCUT2D eigenvalue weighted by molar-refractivity contribution is 0.0988. The topological polar surface area (TPSA) is 38.3 Å². The minimum Gasteiger partial charge on any atom is -0.496 e. The Labute approximate surface area is 117 Å². The van der Waals surface area contributed by atoms with Crippen LogP contribution in [0.1, 0.15) is 15.9 Å². The Morgan fingerprint density at radius 1 is 1.15 bits per heavy atom. The molecule has 0 bridgehead atoms. The van der Waals surface area contributed by atoms with Crippen LogP contribution in [0.3, 0.4) is 0 Å². The van der Waals surface area contributed by atoms with Gasteiger partial charge in [0.15, 0.2) is 5.78 Å². The minimum absolute atomic E-state index is 0.0374. The number of Topliss-reactive ketones (excluding diaryl/α,β-unsaturated/α-hetero) is 1. The van der Waals surface area contributed by atoms with E-state index >= 15 is 0 Å². The summed E-state index contributed by atoms with van der Waals surface area (Å²) >= 11 is 0. The van der Waals surface area contributed by atoms with E-state index in [2.05, 4.69) is 5.32 Å². The number of para-hydroxylation sites is 1. The van der Waals surface area contributed by atoms with Gasteiger partial charge in [-0.05, 0) is 29.8 Å². The molecule has 3 nitrogen and oxygen atoms in total. The highest BCUT2D eigenvalue weighted by molar-refractivity contribution is 6.00. The number of rotatable bonds is 6. The highest BCUT2D eigenvalue weighted by Gasteiger charge is 2.10. The van der Waals surface area contributed by atoms with Crippen molar-refractivity contribution in [1.29, 1.82) is 0 Å². The first-order chi connectivity index (χ1) is 9.70. The van der Waals surface area contributed by atoms with Gasteiger partial charge >= 0.3 is 0 Å². The van der Waals surface area contributed by atoms with Gasteiger partial charge in [-0.15, -0.1) is 0 Å². The normalized spacial score (nSPS) is 10.3. The second-order valence-electron chi connectivity index (χ2n) is 4.35. The molecule has 0 spiro atoms. The molecule has 104 valence electrons. The number of hydrogen-bond acceptors (Lipinski definition) is 3. The summed E-state index contributed by atoms with van der Waals surface area (Å²) in [6.07, 6.45) is 0. The van der Waals surface area contributed by atoms with Crippen LogP contribution in [0.15, 0.2) is 48.5 Å². The first-order valence-electron chi connectivity index (χ1n) is 6.32. The molecule has 0 aliphatic heterocycles. The number of benzene rings is 2. The quantitative estimate of drug-likeness (QED) is 0.822. The van der Waals surface area contributed by atoms with E-state index in [0.29, 0.717) is 17.9 Å². The van der Waals surface area contributed by atoms with E-state index in [1.165, 1.54) is 19.2 Å². The van der Waals surface area contributed by atoms with Crippen molar-refractivity contribution in [2.75, 3.05) is 13.7 Å². The molecular formula is C16H16FNO2. The van der Waals surface area contributed by atoms with Crippen molar-refractivity contribution in [2.45, 2.75) is 6.54 Å². The van der Waals surface area contributed by atoms with Gasteiger partial charge in [-0.25, -0.2) is 4.39 Å². The third-order valence-electron chi connectivity index (χ3n) is 2.94. The second kappa shape index (κ2) is 6.82. The fraction of sp³-hybridized carbons (Fsp3) is 0.188. The van der Waals surface area contributed by atoms with Gasteiger partial charge < -0.3 is 10.1 Å². The maximum atomic E-state index is 12.8. The van der Waals surface area contributed by atoms with E-state index in [9.17, 15) is 9.18 Å². The summed E-state index contributed by atoms with van der Waals surface area (Å²) in [5, 5.41) is 3.04. The number of ketones is 1. The van der Waals surface area contributed by atoms with Gasteiger partial charge in [-0.1, -0.05) is 24.3 Å². The SMILES string of the molecule is COc1ccccc1C(=O)CNCc1ccc(F)cc1. The van der Waals surface area contributed by atoms with E-state index < -0.39 is 0 Å². The highest BCUT2D eigenvalue weighted by Crippen LogP contribution is 2.17. The smallest absolute Gasteiger partial charge is 0.180 e. The van der Waals surface area contributed by atoms with Crippen LogP contribution >= 0.6 is 0 Å². The largest absolute Gasteiger partial charge is 0.496 e. The van der Waals surface area contributed by atoms with Crippen molar-refractivity contribution in [3.63, 3.8) is 0 Å². The van der Waals surface area contributed by atoms with E-state index in [-0.39, 0.29) is 18.1 Å². The standard InChI is InChI=1S/C16H16FNO2/c1-20-16-5-3-2-4-14(16)15(19)11-18-10-12-6-8-13(17)9-7-12/h2-9,18H,10-11H2,1H3. The maximum Gasteiger partial charge on any atom is 0.180 e. The molecular weight excluding hydrogens is 257 g/mol. The van der Waals surface area contributed by atoms with Crippen molar-refractivity contribution in [2.24, 2.45) is 0 Å². The lowest BCUT2D eigenvalue weighted by Crippen LogP contribution is -2.23. The van der Waals surface area contributed by atoms with E-state index in [0.717, 1.165) is 5.56 Å². The monoisotopic (exact) mass is 273 g/mol. The molecule has 2 aromatic rings. The average molecular weight is 273 g/mol. The Hall–Kier alpha value is -2.20. The first kappa shape index (κ1) is 14.2. The zero-order chi connectivity index (χ0) is 14.4. The number of methoxy groups -OCH3 is 1. The third-order valence-corrected chi connectivity index (χ3v) is 2.94. The number of nitrogens with one attached hydrogen (secondary N) is 1. The van der Waals surface area contributed by atoms with Crippen LogP contribution in [0, 0.1) is 5.82 Å². The molecule has 0 saturated carbocycles. The van der Waals surface area contributed by atoms with Gasteiger partial charge in [0.05, 0.1) is 19.2 Å². The van der Waals surface area contributed by atoms with Crippen LogP contribution in [0.2, 0.25) is 0 Å². The molecule has 0 atom stereocenters. The van der Waals surface area contributed by atoms with Gasteiger partial charge in [-0.2, -0.15) is 0 Å². The zero-order valence-corrected chi connectivity index (χ0v) is 11.2. The predicted molar refractivity (Wildman–Crippen MR) is 75.4 cm³/mol. The Kier molecular flexibility index (Phi) is 4.85. The molecule has 2 aromatic carbocycles. The summed E-state index contributed by atoms with van der Waals surface area (Å²) in [5.41, 5.74) is 1.49. The summed E-state index contributed by atoms with van der Waals surface area (Å²) < 4.78 is 17.9. The van der Waals surface area contributed by atoms with Crippen LogP contribution in [0.5, 0.6) is 5.75 Å². The predicted octanol–water partition coefficient (Wildman–Crippen LogP) is 2.81. The second-order valence-corrected chi connectivity index (χ2v) is 4.35. The molecule has 0 aromatic heterocycles. The van der Waals surface area contributed by atoms with Gasteiger partial charge in [0, 0.05) is 6.54 Å². The minimum atomic E-state index is -0.265. The molecule has 20 heavy (non-hydrogen) atoms. The fourth-order valence-corrected chi connectivity index (χ4v) is 1.89. The summed E-state index contributed by atoms with van der Waals surface area (Å²) in [7, 11) is 1.54. The summed E-state index contributed by atoms with van der Waals surface area (Å²) in [4.78, 5) is 12.1. The zero-order valence-electron chi connectivity index (χ0n) is 11.2. The van der Waals surface area contributed by atoms with Crippen molar-refractivity contribution in [1.82, 2.24) is 5.32 Å². The Bertz CT molecular complexity index is 581. The molecule has 0 amide bonds. The van der Waals surface area contributed by atoms with E-state index in [1.54, 1.807) is 30.3 Å². The van der Waals surface area contributed by atoms with Crippen molar-refractivity contribution < 1.29 is 13.9 Å². The Morgan fingerprint density at radius 2 is 1.85 bits per heavy atom.